The van der Waals surface area contributed by atoms with Gasteiger partial charge in [-0.15, -0.1) is 0 Å². The van der Waals surface area contributed by atoms with Crippen LogP contribution in [0.25, 0.3) is 0 Å². The summed E-state index contributed by atoms with van der Waals surface area (Å²) in [6.07, 6.45) is 1.64. The fraction of sp³-hybridized carbons (Fsp3) is 0.462. The summed E-state index contributed by atoms with van der Waals surface area (Å²) in [6.45, 7) is 7.08. The van der Waals surface area contributed by atoms with Crippen LogP contribution in [0.1, 0.15) is 26.3 Å². The van der Waals surface area contributed by atoms with E-state index in [0.717, 1.165) is 0 Å². The number of nitrogens with one attached hydrogen (secondary N) is 1. The lowest BCUT2D eigenvalue weighted by Crippen LogP contribution is -2.41. The number of pyridine rings is 1. The van der Waals surface area contributed by atoms with Gasteiger partial charge >= 0.3 is 0 Å². The zero-order chi connectivity index (χ0) is 14.4. The van der Waals surface area contributed by atoms with Crippen molar-refractivity contribution in [3.05, 3.63) is 23.9 Å². The fourth-order valence-electron chi connectivity index (χ4n) is 1.80. The number of carbonyl (C=O) groups is 1. The van der Waals surface area contributed by atoms with Crippen molar-refractivity contribution < 1.29 is 4.79 Å². The summed E-state index contributed by atoms with van der Waals surface area (Å²) in [5, 5.41) is 3.07. The summed E-state index contributed by atoms with van der Waals surface area (Å²) in [4.78, 5) is 18.4. The smallest absolute Gasteiger partial charge is 0.244 e. The van der Waals surface area contributed by atoms with Gasteiger partial charge in [0.2, 0.25) is 5.91 Å². The van der Waals surface area contributed by atoms with E-state index in [0.29, 0.717) is 24.5 Å². The second kappa shape index (κ2) is 7.04. The molecule has 5 nitrogen and oxygen atoms in total. The van der Waals surface area contributed by atoms with Crippen LogP contribution in [-0.4, -0.2) is 39.9 Å². The highest BCUT2D eigenvalue weighted by molar-refractivity contribution is 7.80. The number of hydrogen-bond acceptors (Lipinski definition) is 4. The molecule has 0 fully saturated rings. The third-order valence-electron chi connectivity index (χ3n) is 2.87. The number of likely N-dealkylation sites (N-methyl/N-ethyl adjacent to an activating group) is 1. The van der Waals surface area contributed by atoms with Gasteiger partial charge in [0.25, 0.3) is 0 Å². The Labute approximate surface area is 119 Å². The highest BCUT2D eigenvalue weighted by Crippen LogP contribution is 2.13. The average molecular weight is 280 g/mol. The Kier molecular flexibility index (Phi) is 5.69. The number of rotatable bonds is 6. The van der Waals surface area contributed by atoms with Crippen molar-refractivity contribution >= 4 is 28.9 Å². The summed E-state index contributed by atoms with van der Waals surface area (Å²) in [5.74, 6) is 0.576. The molecule has 104 valence electrons. The summed E-state index contributed by atoms with van der Waals surface area (Å²) in [7, 11) is 0. The molecule has 0 spiro atoms. The van der Waals surface area contributed by atoms with Crippen LogP contribution in [-0.2, 0) is 4.79 Å². The second-order valence-corrected chi connectivity index (χ2v) is 4.58. The molecule has 1 aromatic rings. The molecule has 6 heteroatoms. The molecule has 0 aliphatic heterocycles. The summed E-state index contributed by atoms with van der Waals surface area (Å²) in [5.41, 5.74) is 6.28. The van der Waals surface area contributed by atoms with E-state index >= 15 is 0 Å². The second-order valence-electron chi connectivity index (χ2n) is 4.14. The van der Waals surface area contributed by atoms with Crippen molar-refractivity contribution in [2.75, 3.05) is 18.4 Å². The average Bonchev–Trinajstić information content (AvgIpc) is 2.40. The normalized spacial score (nSPS) is 11.7. The molecule has 0 saturated carbocycles. The van der Waals surface area contributed by atoms with Crippen LogP contribution in [0.2, 0.25) is 0 Å². The van der Waals surface area contributed by atoms with Gasteiger partial charge in [-0.25, -0.2) is 4.98 Å². The van der Waals surface area contributed by atoms with Crippen molar-refractivity contribution in [1.82, 2.24) is 9.88 Å². The van der Waals surface area contributed by atoms with Gasteiger partial charge in [0.05, 0.1) is 5.56 Å². The number of amides is 1. The number of hydrogen-bond donors (Lipinski definition) is 2. The molecule has 19 heavy (non-hydrogen) atoms. The third-order valence-corrected chi connectivity index (χ3v) is 3.09. The van der Waals surface area contributed by atoms with Crippen LogP contribution in [0.15, 0.2) is 18.3 Å². The number of nitrogens with zero attached hydrogens (tertiary/aromatic N) is 2. The van der Waals surface area contributed by atoms with E-state index in [1.807, 2.05) is 13.8 Å². The summed E-state index contributed by atoms with van der Waals surface area (Å²) in [6, 6.07) is 3.17. The maximum atomic E-state index is 12.2. The van der Waals surface area contributed by atoms with Gasteiger partial charge in [-0.1, -0.05) is 12.2 Å². The Balaban J connectivity index is 2.85. The summed E-state index contributed by atoms with van der Waals surface area (Å²) < 4.78 is 0. The quantitative estimate of drug-likeness (QED) is 0.770. The van der Waals surface area contributed by atoms with Crippen molar-refractivity contribution in [3.63, 3.8) is 0 Å². The molecule has 0 aliphatic rings. The van der Waals surface area contributed by atoms with E-state index in [9.17, 15) is 4.79 Å². The first-order valence-corrected chi connectivity index (χ1v) is 6.72. The van der Waals surface area contributed by atoms with Gasteiger partial charge in [-0.05, 0) is 32.9 Å². The largest absolute Gasteiger partial charge is 0.389 e. The van der Waals surface area contributed by atoms with Gasteiger partial charge in [0, 0.05) is 19.3 Å². The standard InChI is InChI=1S/C13H20N4OS/c1-4-17(5-2)13(18)9(3)16-12-10(11(14)19)7-6-8-15-12/h6-9H,4-5H2,1-3H3,(H2,14,19)(H,15,16). The topological polar surface area (TPSA) is 71.2 Å². The van der Waals surface area contributed by atoms with Crippen molar-refractivity contribution in [2.24, 2.45) is 5.73 Å². The number of carbonyl (C=O) groups excluding carboxylic acids is 1. The monoisotopic (exact) mass is 280 g/mol. The van der Waals surface area contributed by atoms with E-state index < -0.39 is 0 Å². The van der Waals surface area contributed by atoms with Crippen LogP contribution in [0.5, 0.6) is 0 Å². The molecule has 1 unspecified atom stereocenters. The Morgan fingerprint density at radius 2 is 2.16 bits per heavy atom. The number of anilines is 1. The zero-order valence-corrected chi connectivity index (χ0v) is 12.3. The molecule has 0 aromatic carbocycles. The Morgan fingerprint density at radius 3 is 2.68 bits per heavy atom. The molecule has 1 rings (SSSR count). The van der Waals surface area contributed by atoms with E-state index in [2.05, 4.69) is 10.3 Å². The lowest BCUT2D eigenvalue weighted by Gasteiger charge is -2.24. The maximum Gasteiger partial charge on any atom is 0.244 e. The van der Waals surface area contributed by atoms with Gasteiger partial charge in [0.1, 0.15) is 16.8 Å². The minimum Gasteiger partial charge on any atom is -0.389 e. The Hall–Kier alpha value is -1.69. The SMILES string of the molecule is CCN(CC)C(=O)C(C)Nc1ncccc1C(N)=S. The molecule has 0 aliphatic carbocycles. The molecular formula is C13H20N4OS. The number of thiocarbonyl (C=S) groups is 1. The predicted octanol–water partition coefficient (Wildman–Crippen LogP) is 1.38. The predicted molar refractivity (Wildman–Crippen MR) is 81.1 cm³/mol. The maximum absolute atomic E-state index is 12.2. The molecule has 1 aromatic heterocycles. The minimum absolute atomic E-state index is 0.0320. The van der Waals surface area contributed by atoms with Crippen molar-refractivity contribution in [3.8, 4) is 0 Å². The van der Waals surface area contributed by atoms with Crippen molar-refractivity contribution in [2.45, 2.75) is 26.8 Å². The summed E-state index contributed by atoms with van der Waals surface area (Å²) >= 11 is 4.97. The number of nitrogens with two attached hydrogens (primary N) is 1. The van der Waals surface area contributed by atoms with Crippen LogP contribution in [0.4, 0.5) is 5.82 Å². The van der Waals surface area contributed by atoms with E-state index in [-0.39, 0.29) is 16.9 Å². The molecule has 3 N–H and O–H groups in total. The van der Waals surface area contributed by atoms with E-state index in [1.54, 1.807) is 30.2 Å². The van der Waals surface area contributed by atoms with E-state index in [1.165, 1.54) is 0 Å². The molecular weight excluding hydrogens is 260 g/mol. The molecule has 0 bridgehead atoms. The van der Waals surface area contributed by atoms with Crippen LogP contribution in [0.3, 0.4) is 0 Å². The minimum atomic E-state index is -0.372. The molecule has 0 saturated heterocycles. The first-order chi connectivity index (χ1) is 9.01. The van der Waals surface area contributed by atoms with E-state index in [4.69, 9.17) is 18.0 Å². The fourth-order valence-corrected chi connectivity index (χ4v) is 1.96. The van der Waals surface area contributed by atoms with Crippen LogP contribution in [0, 0.1) is 0 Å². The molecule has 1 atom stereocenters. The number of aromatic nitrogens is 1. The Morgan fingerprint density at radius 1 is 1.53 bits per heavy atom. The Bertz CT molecular complexity index is 460. The highest BCUT2D eigenvalue weighted by Gasteiger charge is 2.19. The first kappa shape index (κ1) is 15.4. The van der Waals surface area contributed by atoms with Gasteiger partial charge in [-0.2, -0.15) is 0 Å². The molecule has 1 heterocycles. The van der Waals surface area contributed by atoms with Gasteiger partial charge in [0.15, 0.2) is 0 Å². The zero-order valence-electron chi connectivity index (χ0n) is 11.5. The molecule has 0 radical (unpaired) electrons. The van der Waals surface area contributed by atoms with Gasteiger partial charge in [-0.3, -0.25) is 4.79 Å². The van der Waals surface area contributed by atoms with Gasteiger partial charge < -0.3 is 16.0 Å². The third kappa shape index (κ3) is 3.89. The highest BCUT2D eigenvalue weighted by atomic mass is 32.1. The lowest BCUT2D eigenvalue weighted by atomic mass is 10.2. The lowest BCUT2D eigenvalue weighted by molar-refractivity contribution is -0.131. The van der Waals surface area contributed by atoms with Crippen LogP contribution >= 0.6 is 12.2 Å². The first-order valence-electron chi connectivity index (χ1n) is 6.31. The molecule has 1 amide bonds. The van der Waals surface area contributed by atoms with Crippen LogP contribution < -0.4 is 11.1 Å². The van der Waals surface area contributed by atoms with Crippen molar-refractivity contribution in [1.29, 1.82) is 0 Å².